The van der Waals surface area contributed by atoms with Crippen LogP contribution in [0.25, 0.3) is 0 Å². The van der Waals surface area contributed by atoms with Crippen molar-refractivity contribution in [1.29, 1.82) is 0 Å². The predicted molar refractivity (Wildman–Crippen MR) is 99.3 cm³/mol. The van der Waals surface area contributed by atoms with Crippen LogP contribution >= 0.6 is 0 Å². The molecule has 0 aromatic carbocycles. The number of nitrogens with one attached hydrogen (secondary N) is 1. The summed E-state index contributed by atoms with van der Waals surface area (Å²) in [7, 11) is 0. The summed E-state index contributed by atoms with van der Waals surface area (Å²) in [5.74, 6) is 1.69. The van der Waals surface area contributed by atoms with E-state index in [0.717, 1.165) is 24.4 Å². The molecule has 0 radical (unpaired) electrons. The molecule has 2 aromatic rings. The molecule has 136 valence electrons. The molecule has 2 aromatic heterocycles. The van der Waals surface area contributed by atoms with Crippen molar-refractivity contribution in [3.8, 4) is 5.75 Å². The van der Waals surface area contributed by atoms with Gasteiger partial charge in [-0.25, -0.2) is 4.98 Å². The number of rotatable bonds is 5. The Hall–Kier alpha value is -2.63. The van der Waals surface area contributed by atoms with Gasteiger partial charge < -0.3 is 15.0 Å². The topological polar surface area (TPSA) is 67.4 Å². The average molecular weight is 352 g/mol. The minimum Gasteiger partial charge on any atom is -0.489 e. The van der Waals surface area contributed by atoms with E-state index in [1.165, 1.54) is 19.3 Å². The van der Waals surface area contributed by atoms with Crippen molar-refractivity contribution in [2.75, 3.05) is 18.4 Å². The van der Waals surface area contributed by atoms with Crippen LogP contribution in [-0.4, -0.2) is 46.0 Å². The zero-order chi connectivity index (χ0) is 17.8. The van der Waals surface area contributed by atoms with Gasteiger partial charge in [-0.1, -0.05) is 0 Å². The van der Waals surface area contributed by atoms with Crippen LogP contribution in [-0.2, 0) is 0 Å². The smallest absolute Gasteiger partial charge is 0.255 e. The Balaban J connectivity index is 1.28. The predicted octanol–water partition coefficient (Wildman–Crippen LogP) is 3.12. The third kappa shape index (κ3) is 3.95. The van der Waals surface area contributed by atoms with Crippen molar-refractivity contribution in [3.05, 3.63) is 48.4 Å². The van der Waals surface area contributed by atoms with Gasteiger partial charge in [-0.15, -0.1) is 0 Å². The lowest BCUT2D eigenvalue weighted by Gasteiger charge is -2.32. The van der Waals surface area contributed by atoms with Crippen LogP contribution in [0.15, 0.2) is 42.9 Å². The maximum atomic E-state index is 12.7. The average Bonchev–Trinajstić information content (AvgIpc) is 2.66. The van der Waals surface area contributed by atoms with E-state index >= 15 is 0 Å². The molecular formula is C20H24N4O2. The second-order valence-electron chi connectivity index (χ2n) is 7.00. The molecule has 3 heterocycles. The normalized spacial score (nSPS) is 18.2. The molecule has 0 spiro atoms. The van der Waals surface area contributed by atoms with Gasteiger partial charge in [-0.3, -0.25) is 9.78 Å². The minimum absolute atomic E-state index is 0.0486. The molecule has 4 rings (SSSR count). The van der Waals surface area contributed by atoms with Gasteiger partial charge in [0, 0.05) is 44.4 Å². The number of nitrogens with zero attached hydrogens (tertiary/aromatic N) is 3. The summed E-state index contributed by atoms with van der Waals surface area (Å²) in [6, 6.07) is 8.10. The number of carbonyl (C=O) groups excluding carboxylic acids is 1. The summed E-state index contributed by atoms with van der Waals surface area (Å²) in [5, 5.41) is 3.40. The van der Waals surface area contributed by atoms with Gasteiger partial charge in [0.2, 0.25) is 0 Å². The van der Waals surface area contributed by atoms with Crippen molar-refractivity contribution in [3.63, 3.8) is 0 Å². The molecule has 6 heteroatoms. The minimum atomic E-state index is 0.0486. The van der Waals surface area contributed by atoms with E-state index in [4.69, 9.17) is 4.74 Å². The zero-order valence-electron chi connectivity index (χ0n) is 14.8. The number of pyridine rings is 2. The molecule has 2 fully saturated rings. The van der Waals surface area contributed by atoms with Gasteiger partial charge in [0.05, 0.1) is 11.8 Å². The second-order valence-corrected chi connectivity index (χ2v) is 7.00. The molecule has 6 nitrogen and oxygen atoms in total. The first-order valence-electron chi connectivity index (χ1n) is 9.36. The van der Waals surface area contributed by atoms with Crippen molar-refractivity contribution >= 4 is 11.7 Å². The fourth-order valence-electron chi connectivity index (χ4n) is 3.34. The molecule has 1 aliphatic heterocycles. The van der Waals surface area contributed by atoms with Crippen LogP contribution in [0, 0.1) is 0 Å². The number of carbonyl (C=O) groups is 1. The van der Waals surface area contributed by atoms with Gasteiger partial charge in [0.25, 0.3) is 5.91 Å². The highest BCUT2D eigenvalue weighted by Crippen LogP contribution is 2.23. The summed E-state index contributed by atoms with van der Waals surface area (Å²) in [6.45, 7) is 1.40. The number of piperidine rings is 1. The van der Waals surface area contributed by atoms with Crippen LogP contribution in [0.5, 0.6) is 5.75 Å². The molecule has 26 heavy (non-hydrogen) atoms. The molecular weight excluding hydrogens is 328 g/mol. The van der Waals surface area contributed by atoms with Gasteiger partial charge >= 0.3 is 0 Å². The third-order valence-electron chi connectivity index (χ3n) is 5.13. The van der Waals surface area contributed by atoms with Crippen molar-refractivity contribution in [1.82, 2.24) is 14.9 Å². The lowest BCUT2D eigenvalue weighted by Crippen LogP contribution is -2.41. The quantitative estimate of drug-likeness (QED) is 0.895. The first-order chi connectivity index (χ1) is 12.8. The highest BCUT2D eigenvalue weighted by atomic mass is 16.5. The number of likely N-dealkylation sites (tertiary alicyclic amines) is 1. The van der Waals surface area contributed by atoms with Gasteiger partial charge in [0.15, 0.2) is 0 Å². The Bertz CT molecular complexity index is 723. The monoisotopic (exact) mass is 352 g/mol. The summed E-state index contributed by atoms with van der Waals surface area (Å²) in [4.78, 5) is 23.0. The summed E-state index contributed by atoms with van der Waals surface area (Å²) in [5.41, 5.74) is 0.649. The Morgan fingerprint density at radius 2 is 1.96 bits per heavy atom. The Morgan fingerprint density at radius 1 is 1.12 bits per heavy atom. The largest absolute Gasteiger partial charge is 0.489 e. The maximum Gasteiger partial charge on any atom is 0.255 e. The van der Waals surface area contributed by atoms with Crippen LogP contribution in [0.1, 0.15) is 42.5 Å². The van der Waals surface area contributed by atoms with E-state index in [0.29, 0.717) is 24.7 Å². The van der Waals surface area contributed by atoms with Crippen molar-refractivity contribution in [2.45, 2.75) is 44.2 Å². The Morgan fingerprint density at radius 3 is 2.58 bits per heavy atom. The first kappa shape index (κ1) is 16.8. The zero-order valence-corrected chi connectivity index (χ0v) is 14.8. The fraction of sp³-hybridized carbons (Fsp3) is 0.450. The van der Waals surface area contributed by atoms with Crippen molar-refractivity contribution in [2.24, 2.45) is 0 Å². The molecule has 1 saturated carbocycles. The highest BCUT2D eigenvalue weighted by molar-refractivity contribution is 5.94. The number of hydrogen-bond acceptors (Lipinski definition) is 5. The number of anilines is 1. The molecule has 1 aliphatic carbocycles. The number of aromatic nitrogens is 2. The molecule has 2 aliphatic rings. The van der Waals surface area contributed by atoms with E-state index < -0.39 is 0 Å². The number of hydrogen-bond donors (Lipinski definition) is 1. The molecule has 1 saturated heterocycles. The van der Waals surface area contributed by atoms with Gasteiger partial charge in [-0.2, -0.15) is 0 Å². The van der Waals surface area contributed by atoms with Crippen LogP contribution in [0.4, 0.5) is 5.82 Å². The Labute approximate surface area is 153 Å². The lowest BCUT2D eigenvalue weighted by atomic mass is 9.93. The first-order valence-corrected chi connectivity index (χ1v) is 9.36. The molecule has 1 amide bonds. The van der Waals surface area contributed by atoms with Crippen LogP contribution in [0.3, 0.4) is 0 Å². The lowest BCUT2D eigenvalue weighted by molar-refractivity contribution is 0.0594. The van der Waals surface area contributed by atoms with Gasteiger partial charge in [0.1, 0.15) is 17.7 Å². The van der Waals surface area contributed by atoms with Crippen molar-refractivity contribution < 1.29 is 9.53 Å². The molecule has 0 bridgehead atoms. The van der Waals surface area contributed by atoms with E-state index in [1.54, 1.807) is 18.6 Å². The SMILES string of the molecule is O=C(c1ccc(NC2CCC2)nc1)N1CCC(Oc2cccnc2)CC1. The third-order valence-corrected chi connectivity index (χ3v) is 5.13. The fourth-order valence-corrected chi connectivity index (χ4v) is 3.34. The van der Waals surface area contributed by atoms with E-state index in [1.807, 2.05) is 29.2 Å². The number of amides is 1. The summed E-state index contributed by atoms with van der Waals surface area (Å²) in [6.07, 6.45) is 10.6. The highest BCUT2D eigenvalue weighted by Gasteiger charge is 2.25. The Kier molecular flexibility index (Phi) is 5.00. The van der Waals surface area contributed by atoms with E-state index in [2.05, 4.69) is 15.3 Å². The summed E-state index contributed by atoms with van der Waals surface area (Å²) < 4.78 is 5.94. The molecule has 0 atom stereocenters. The van der Waals surface area contributed by atoms with E-state index in [-0.39, 0.29) is 12.0 Å². The standard InChI is InChI=1S/C20H24N4O2/c25-20(15-6-7-19(22-13-15)23-16-3-1-4-16)24-11-8-17(9-12-24)26-18-5-2-10-21-14-18/h2,5-7,10,13-14,16-17H,1,3-4,8-9,11-12H2,(H,22,23). The maximum absolute atomic E-state index is 12.7. The van der Waals surface area contributed by atoms with Gasteiger partial charge in [-0.05, 0) is 43.5 Å². The number of ether oxygens (including phenoxy) is 1. The molecule has 0 unspecified atom stereocenters. The second kappa shape index (κ2) is 7.72. The van der Waals surface area contributed by atoms with Crippen LogP contribution in [0.2, 0.25) is 0 Å². The molecule has 1 N–H and O–H groups in total. The van der Waals surface area contributed by atoms with Crippen LogP contribution < -0.4 is 10.1 Å². The summed E-state index contributed by atoms with van der Waals surface area (Å²) >= 11 is 0. The van der Waals surface area contributed by atoms with E-state index in [9.17, 15) is 4.79 Å².